The molecule has 100 valence electrons. The number of ether oxygens (including phenoxy) is 1. The first-order chi connectivity index (χ1) is 8.70. The van der Waals surface area contributed by atoms with Gasteiger partial charge in [0, 0.05) is 18.6 Å². The molecule has 18 heavy (non-hydrogen) atoms. The molecule has 2 unspecified atom stereocenters. The smallest absolute Gasteiger partial charge is 0.119 e. The van der Waals surface area contributed by atoms with Crippen LogP contribution in [0.5, 0.6) is 5.75 Å². The predicted molar refractivity (Wildman–Crippen MR) is 74.8 cm³/mol. The highest BCUT2D eigenvalue weighted by Crippen LogP contribution is 2.25. The summed E-state index contributed by atoms with van der Waals surface area (Å²) < 4.78 is 5.47. The van der Waals surface area contributed by atoms with Crippen molar-refractivity contribution in [3.05, 3.63) is 29.8 Å². The van der Waals surface area contributed by atoms with Crippen LogP contribution in [0.2, 0.25) is 0 Å². The summed E-state index contributed by atoms with van der Waals surface area (Å²) in [5.74, 6) is 0.948. The topological polar surface area (TPSA) is 38.5 Å². The van der Waals surface area contributed by atoms with E-state index >= 15 is 0 Å². The van der Waals surface area contributed by atoms with Crippen molar-refractivity contribution in [1.29, 1.82) is 0 Å². The summed E-state index contributed by atoms with van der Waals surface area (Å²) >= 11 is 0. The first-order valence-electron chi connectivity index (χ1n) is 6.93. The Labute approximate surface area is 110 Å². The standard InChI is InChI=1S/C15H24N2O/c1-3-18-15-8-6-13(7-9-15)12(2)17-10-4-5-14(16)11-17/h6-9,12,14H,3-5,10-11,16H2,1-2H3. The molecular weight excluding hydrogens is 224 g/mol. The van der Waals surface area contributed by atoms with Crippen LogP contribution >= 0.6 is 0 Å². The summed E-state index contributed by atoms with van der Waals surface area (Å²) in [5, 5.41) is 0. The number of piperidine rings is 1. The van der Waals surface area contributed by atoms with Crippen molar-refractivity contribution in [2.24, 2.45) is 5.73 Å². The zero-order valence-electron chi connectivity index (χ0n) is 11.4. The van der Waals surface area contributed by atoms with Gasteiger partial charge in [0.1, 0.15) is 5.75 Å². The molecule has 3 heteroatoms. The Kier molecular flexibility index (Phi) is 4.61. The number of hydrogen-bond donors (Lipinski definition) is 1. The molecule has 1 aromatic rings. The monoisotopic (exact) mass is 248 g/mol. The largest absolute Gasteiger partial charge is 0.494 e. The minimum Gasteiger partial charge on any atom is -0.494 e. The van der Waals surface area contributed by atoms with Gasteiger partial charge in [-0.2, -0.15) is 0 Å². The van der Waals surface area contributed by atoms with E-state index in [1.54, 1.807) is 0 Å². The highest BCUT2D eigenvalue weighted by molar-refractivity contribution is 5.29. The molecule has 0 amide bonds. The Balaban J connectivity index is 2.01. The van der Waals surface area contributed by atoms with Crippen LogP contribution in [0, 0.1) is 0 Å². The second-order valence-electron chi connectivity index (χ2n) is 5.08. The molecule has 1 saturated heterocycles. The first-order valence-corrected chi connectivity index (χ1v) is 6.93. The lowest BCUT2D eigenvalue weighted by molar-refractivity contribution is 0.159. The molecule has 0 radical (unpaired) electrons. The third-order valence-electron chi connectivity index (χ3n) is 3.71. The van der Waals surface area contributed by atoms with Crippen molar-refractivity contribution in [1.82, 2.24) is 4.90 Å². The van der Waals surface area contributed by atoms with E-state index in [0.29, 0.717) is 12.1 Å². The molecule has 2 atom stereocenters. The molecule has 3 nitrogen and oxygen atoms in total. The van der Waals surface area contributed by atoms with Crippen LogP contribution < -0.4 is 10.5 Å². The maximum absolute atomic E-state index is 6.04. The van der Waals surface area contributed by atoms with Gasteiger partial charge in [-0.05, 0) is 50.9 Å². The number of nitrogens with two attached hydrogens (primary N) is 1. The third-order valence-corrected chi connectivity index (χ3v) is 3.71. The molecule has 0 saturated carbocycles. The summed E-state index contributed by atoms with van der Waals surface area (Å²) in [6, 6.07) is 9.21. The lowest BCUT2D eigenvalue weighted by atomic mass is 10.0. The quantitative estimate of drug-likeness (QED) is 0.890. The maximum atomic E-state index is 6.04. The molecule has 1 aromatic carbocycles. The maximum Gasteiger partial charge on any atom is 0.119 e. The number of likely N-dealkylation sites (tertiary alicyclic amines) is 1. The van der Waals surface area contributed by atoms with Gasteiger partial charge in [-0.3, -0.25) is 4.90 Å². The third kappa shape index (κ3) is 3.24. The van der Waals surface area contributed by atoms with Gasteiger partial charge in [-0.25, -0.2) is 0 Å². The number of benzene rings is 1. The number of rotatable bonds is 4. The number of nitrogens with zero attached hydrogens (tertiary/aromatic N) is 1. The molecule has 2 N–H and O–H groups in total. The lowest BCUT2D eigenvalue weighted by Crippen LogP contribution is -2.43. The van der Waals surface area contributed by atoms with Gasteiger partial charge < -0.3 is 10.5 Å². The van der Waals surface area contributed by atoms with Crippen molar-refractivity contribution in [3.63, 3.8) is 0 Å². The molecule has 2 rings (SSSR count). The molecule has 0 aliphatic carbocycles. The van der Waals surface area contributed by atoms with Crippen molar-refractivity contribution in [2.75, 3.05) is 19.7 Å². The molecule has 1 fully saturated rings. The van der Waals surface area contributed by atoms with Gasteiger partial charge in [0.25, 0.3) is 0 Å². The minimum atomic E-state index is 0.337. The Bertz CT molecular complexity index is 363. The van der Waals surface area contributed by atoms with Crippen LogP contribution in [0.1, 0.15) is 38.3 Å². The lowest BCUT2D eigenvalue weighted by Gasteiger charge is -2.35. The Morgan fingerprint density at radius 2 is 2.11 bits per heavy atom. The fraction of sp³-hybridized carbons (Fsp3) is 0.600. The van der Waals surface area contributed by atoms with Crippen LogP contribution in [-0.2, 0) is 0 Å². The van der Waals surface area contributed by atoms with Crippen molar-refractivity contribution < 1.29 is 4.74 Å². The van der Waals surface area contributed by atoms with E-state index in [1.807, 2.05) is 6.92 Å². The SMILES string of the molecule is CCOc1ccc(C(C)N2CCCC(N)C2)cc1. The molecule has 0 aromatic heterocycles. The molecule has 1 aliphatic heterocycles. The molecule has 0 spiro atoms. The van der Waals surface area contributed by atoms with Crippen LogP contribution in [0.15, 0.2) is 24.3 Å². The van der Waals surface area contributed by atoms with Crippen LogP contribution in [-0.4, -0.2) is 30.6 Å². The van der Waals surface area contributed by atoms with E-state index in [1.165, 1.54) is 12.0 Å². The van der Waals surface area contributed by atoms with E-state index in [0.717, 1.165) is 31.9 Å². The van der Waals surface area contributed by atoms with Crippen LogP contribution in [0.3, 0.4) is 0 Å². The summed E-state index contributed by atoms with van der Waals surface area (Å²) in [6.45, 7) is 7.14. The van der Waals surface area contributed by atoms with Gasteiger partial charge in [0.15, 0.2) is 0 Å². The normalized spacial score (nSPS) is 22.7. The molecule has 1 heterocycles. The average molecular weight is 248 g/mol. The molecular formula is C15H24N2O. The zero-order valence-corrected chi connectivity index (χ0v) is 11.4. The summed E-state index contributed by atoms with van der Waals surface area (Å²) in [7, 11) is 0. The van der Waals surface area contributed by atoms with Crippen LogP contribution in [0.4, 0.5) is 0 Å². The van der Waals surface area contributed by atoms with Crippen molar-refractivity contribution in [3.8, 4) is 5.75 Å². The summed E-state index contributed by atoms with van der Waals surface area (Å²) in [4.78, 5) is 2.48. The van der Waals surface area contributed by atoms with Gasteiger partial charge in [-0.1, -0.05) is 12.1 Å². The number of hydrogen-bond acceptors (Lipinski definition) is 3. The Hall–Kier alpha value is -1.06. The van der Waals surface area contributed by atoms with E-state index in [9.17, 15) is 0 Å². The highest BCUT2D eigenvalue weighted by atomic mass is 16.5. The zero-order chi connectivity index (χ0) is 13.0. The van der Waals surface area contributed by atoms with E-state index in [4.69, 9.17) is 10.5 Å². The van der Waals surface area contributed by atoms with Crippen LogP contribution in [0.25, 0.3) is 0 Å². The molecule has 1 aliphatic rings. The van der Waals surface area contributed by atoms with E-state index in [-0.39, 0.29) is 0 Å². The van der Waals surface area contributed by atoms with Gasteiger partial charge in [0.05, 0.1) is 6.61 Å². The predicted octanol–water partition coefficient (Wildman–Crippen LogP) is 2.57. The van der Waals surface area contributed by atoms with Gasteiger partial charge in [0.2, 0.25) is 0 Å². The first kappa shape index (κ1) is 13.4. The summed E-state index contributed by atoms with van der Waals surface area (Å²) in [6.07, 6.45) is 2.37. The summed E-state index contributed by atoms with van der Waals surface area (Å²) in [5.41, 5.74) is 7.38. The van der Waals surface area contributed by atoms with Gasteiger partial charge in [-0.15, -0.1) is 0 Å². The fourth-order valence-electron chi connectivity index (χ4n) is 2.61. The second kappa shape index (κ2) is 6.21. The highest BCUT2D eigenvalue weighted by Gasteiger charge is 2.21. The minimum absolute atomic E-state index is 0.337. The van der Waals surface area contributed by atoms with Crippen molar-refractivity contribution >= 4 is 0 Å². The molecule has 0 bridgehead atoms. The average Bonchev–Trinajstić information content (AvgIpc) is 2.39. The Morgan fingerprint density at radius 3 is 2.72 bits per heavy atom. The van der Waals surface area contributed by atoms with Crippen molar-refractivity contribution in [2.45, 2.75) is 38.8 Å². The fourth-order valence-corrected chi connectivity index (χ4v) is 2.61. The van der Waals surface area contributed by atoms with E-state index in [2.05, 4.69) is 36.1 Å². The van der Waals surface area contributed by atoms with Gasteiger partial charge >= 0.3 is 0 Å². The second-order valence-corrected chi connectivity index (χ2v) is 5.08. The Morgan fingerprint density at radius 1 is 1.39 bits per heavy atom. The van der Waals surface area contributed by atoms with E-state index < -0.39 is 0 Å².